The highest BCUT2D eigenvalue weighted by Gasteiger charge is 2.10. The standard InChI is InChI=1S/C17H18Cl2N2/c1-3-9-20(10-4-2)13-15-6-5-11-21(15)17-8-7-14(18)12-16(17)19/h3-8,11-12H,1-2,9-10,13H2. The van der Waals surface area contributed by atoms with E-state index in [0.29, 0.717) is 10.0 Å². The van der Waals surface area contributed by atoms with Gasteiger partial charge in [-0.25, -0.2) is 0 Å². The van der Waals surface area contributed by atoms with E-state index in [1.165, 1.54) is 0 Å². The van der Waals surface area contributed by atoms with Crippen LogP contribution in [0.2, 0.25) is 10.0 Å². The van der Waals surface area contributed by atoms with Crippen molar-refractivity contribution >= 4 is 23.2 Å². The molecular weight excluding hydrogens is 303 g/mol. The molecule has 1 heterocycles. The van der Waals surface area contributed by atoms with Gasteiger partial charge in [0.05, 0.1) is 10.7 Å². The van der Waals surface area contributed by atoms with Crippen LogP contribution in [0.5, 0.6) is 0 Å². The van der Waals surface area contributed by atoms with Gasteiger partial charge >= 0.3 is 0 Å². The Kier molecular flexibility index (Phi) is 5.68. The first-order chi connectivity index (χ1) is 10.2. The molecule has 0 aliphatic carbocycles. The third-order valence-electron chi connectivity index (χ3n) is 3.16. The van der Waals surface area contributed by atoms with Gasteiger partial charge in [0.15, 0.2) is 0 Å². The Morgan fingerprint density at radius 3 is 2.43 bits per heavy atom. The first-order valence-electron chi connectivity index (χ1n) is 6.71. The molecule has 0 aliphatic rings. The molecule has 4 heteroatoms. The molecule has 0 N–H and O–H groups in total. The fourth-order valence-corrected chi connectivity index (χ4v) is 2.75. The van der Waals surface area contributed by atoms with E-state index in [-0.39, 0.29) is 0 Å². The van der Waals surface area contributed by atoms with E-state index in [1.807, 2.05) is 36.5 Å². The average Bonchev–Trinajstić information content (AvgIpc) is 2.87. The smallest absolute Gasteiger partial charge is 0.0661 e. The SMILES string of the molecule is C=CCN(CC=C)Cc1cccn1-c1ccc(Cl)cc1Cl. The summed E-state index contributed by atoms with van der Waals surface area (Å²) in [4.78, 5) is 2.25. The van der Waals surface area contributed by atoms with Crippen LogP contribution in [0.1, 0.15) is 5.69 Å². The van der Waals surface area contributed by atoms with Gasteiger partial charge in [-0.15, -0.1) is 13.2 Å². The molecule has 0 fully saturated rings. The minimum absolute atomic E-state index is 0.636. The van der Waals surface area contributed by atoms with Crippen molar-refractivity contribution in [3.05, 3.63) is 77.6 Å². The van der Waals surface area contributed by atoms with E-state index >= 15 is 0 Å². The van der Waals surface area contributed by atoms with Crippen LogP contribution in [0.25, 0.3) is 5.69 Å². The van der Waals surface area contributed by atoms with E-state index in [2.05, 4.69) is 28.7 Å². The van der Waals surface area contributed by atoms with E-state index in [0.717, 1.165) is 31.0 Å². The summed E-state index contributed by atoms with van der Waals surface area (Å²) in [5.41, 5.74) is 2.08. The van der Waals surface area contributed by atoms with Crippen molar-refractivity contribution in [3.63, 3.8) is 0 Å². The normalized spacial score (nSPS) is 10.8. The van der Waals surface area contributed by atoms with Crippen molar-refractivity contribution in [2.24, 2.45) is 0 Å². The molecule has 0 aliphatic heterocycles. The molecule has 0 atom stereocenters. The average molecular weight is 321 g/mol. The second kappa shape index (κ2) is 7.51. The first-order valence-corrected chi connectivity index (χ1v) is 7.47. The second-order valence-electron chi connectivity index (χ2n) is 4.74. The number of benzene rings is 1. The first kappa shape index (κ1) is 15.9. The van der Waals surface area contributed by atoms with Crippen LogP contribution in [0.3, 0.4) is 0 Å². The fourth-order valence-electron chi connectivity index (χ4n) is 2.25. The summed E-state index contributed by atoms with van der Waals surface area (Å²) < 4.78 is 2.08. The number of halogens is 2. The maximum atomic E-state index is 6.30. The predicted molar refractivity (Wildman–Crippen MR) is 91.5 cm³/mol. The van der Waals surface area contributed by atoms with Gasteiger partial charge in [0, 0.05) is 36.5 Å². The fraction of sp³-hybridized carbons (Fsp3) is 0.176. The summed E-state index contributed by atoms with van der Waals surface area (Å²) >= 11 is 12.3. The molecule has 0 amide bonds. The molecule has 2 nitrogen and oxygen atoms in total. The zero-order chi connectivity index (χ0) is 15.2. The summed E-state index contributed by atoms with van der Waals surface area (Å²) in [6.45, 7) is 10.0. The quantitative estimate of drug-likeness (QED) is 0.655. The molecule has 0 radical (unpaired) electrons. The van der Waals surface area contributed by atoms with E-state index in [9.17, 15) is 0 Å². The van der Waals surface area contributed by atoms with Gasteiger partial charge in [0.1, 0.15) is 0 Å². The lowest BCUT2D eigenvalue weighted by Crippen LogP contribution is -2.24. The Balaban J connectivity index is 2.29. The largest absolute Gasteiger partial charge is 0.318 e. The van der Waals surface area contributed by atoms with Crippen molar-refractivity contribution < 1.29 is 0 Å². The lowest BCUT2D eigenvalue weighted by Gasteiger charge is -2.20. The van der Waals surface area contributed by atoms with Crippen LogP contribution in [-0.4, -0.2) is 22.6 Å². The highest BCUT2D eigenvalue weighted by molar-refractivity contribution is 6.35. The van der Waals surface area contributed by atoms with Crippen molar-refractivity contribution in [3.8, 4) is 5.69 Å². The molecule has 2 rings (SSSR count). The summed E-state index contributed by atoms with van der Waals surface area (Å²) in [7, 11) is 0. The Bertz CT molecular complexity index is 621. The summed E-state index contributed by atoms with van der Waals surface area (Å²) in [5, 5.41) is 1.27. The molecule has 0 spiro atoms. The minimum atomic E-state index is 0.636. The summed E-state index contributed by atoms with van der Waals surface area (Å²) in [6.07, 6.45) is 5.79. The number of rotatable bonds is 7. The van der Waals surface area contributed by atoms with Crippen molar-refractivity contribution in [2.45, 2.75) is 6.54 Å². The van der Waals surface area contributed by atoms with Gasteiger partial charge in [-0.2, -0.15) is 0 Å². The molecule has 0 unspecified atom stereocenters. The zero-order valence-electron chi connectivity index (χ0n) is 11.8. The predicted octanol–water partition coefficient (Wildman–Crippen LogP) is 4.96. The highest BCUT2D eigenvalue weighted by Crippen LogP contribution is 2.26. The maximum absolute atomic E-state index is 6.30. The number of hydrogen-bond acceptors (Lipinski definition) is 1. The Labute approximate surface area is 135 Å². The van der Waals surface area contributed by atoms with Crippen LogP contribution < -0.4 is 0 Å². The summed E-state index contributed by atoms with van der Waals surface area (Å²) in [5.74, 6) is 0. The monoisotopic (exact) mass is 320 g/mol. The van der Waals surface area contributed by atoms with Crippen molar-refractivity contribution in [1.82, 2.24) is 9.47 Å². The van der Waals surface area contributed by atoms with Gasteiger partial charge in [0.2, 0.25) is 0 Å². The van der Waals surface area contributed by atoms with Gasteiger partial charge in [-0.3, -0.25) is 4.90 Å². The van der Waals surface area contributed by atoms with Crippen molar-refractivity contribution in [2.75, 3.05) is 13.1 Å². The minimum Gasteiger partial charge on any atom is -0.318 e. The Morgan fingerprint density at radius 1 is 1.10 bits per heavy atom. The number of aromatic nitrogens is 1. The third kappa shape index (κ3) is 4.01. The van der Waals surface area contributed by atoms with Crippen LogP contribution >= 0.6 is 23.2 Å². The molecule has 2 aromatic rings. The molecule has 0 saturated carbocycles. The van der Waals surface area contributed by atoms with Crippen LogP contribution in [-0.2, 0) is 6.54 Å². The second-order valence-corrected chi connectivity index (χ2v) is 5.58. The molecule has 110 valence electrons. The van der Waals surface area contributed by atoms with E-state index in [1.54, 1.807) is 6.07 Å². The highest BCUT2D eigenvalue weighted by atomic mass is 35.5. The van der Waals surface area contributed by atoms with Crippen molar-refractivity contribution in [1.29, 1.82) is 0 Å². The molecule has 0 saturated heterocycles. The Morgan fingerprint density at radius 2 is 1.81 bits per heavy atom. The lowest BCUT2D eigenvalue weighted by molar-refractivity contribution is 0.322. The van der Waals surface area contributed by atoms with Crippen LogP contribution in [0, 0.1) is 0 Å². The van der Waals surface area contributed by atoms with Gasteiger partial charge in [-0.05, 0) is 30.3 Å². The zero-order valence-corrected chi connectivity index (χ0v) is 13.3. The van der Waals surface area contributed by atoms with Crippen LogP contribution in [0.4, 0.5) is 0 Å². The van der Waals surface area contributed by atoms with Gasteiger partial charge in [0.25, 0.3) is 0 Å². The molecular formula is C17H18Cl2N2. The molecule has 1 aromatic carbocycles. The Hall–Kier alpha value is -1.48. The van der Waals surface area contributed by atoms with E-state index in [4.69, 9.17) is 23.2 Å². The van der Waals surface area contributed by atoms with Crippen LogP contribution in [0.15, 0.2) is 61.8 Å². The molecule has 21 heavy (non-hydrogen) atoms. The third-order valence-corrected chi connectivity index (χ3v) is 3.70. The number of hydrogen-bond donors (Lipinski definition) is 0. The molecule has 1 aromatic heterocycles. The number of nitrogens with zero attached hydrogens (tertiary/aromatic N) is 2. The maximum Gasteiger partial charge on any atom is 0.0661 e. The van der Waals surface area contributed by atoms with Gasteiger partial charge < -0.3 is 4.57 Å². The summed E-state index contributed by atoms with van der Waals surface area (Å²) in [6, 6.07) is 9.63. The van der Waals surface area contributed by atoms with E-state index < -0.39 is 0 Å². The topological polar surface area (TPSA) is 8.17 Å². The van der Waals surface area contributed by atoms with Gasteiger partial charge in [-0.1, -0.05) is 35.4 Å². The lowest BCUT2D eigenvalue weighted by atomic mass is 10.3. The molecule has 0 bridgehead atoms.